The molecule has 0 bridgehead atoms. The molecule has 2 saturated heterocycles. The number of carbonyl (C=O) groups excluding carboxylic acids is 1. The number of carbonyl (C=O) groups is 1. The summed E-state index contributed by atoms with van der Waals surface area (Å²) in [6.45, 7) is 7.63. The highest BCUT2D eigenvalue weighted by molar-refractivity contribution is 5.85. The van der Waals surface area contributed by atoms with Gasteiger partial charge in [0.05, 0.1) is 5.41 Å². The van der Waals surface area contributed by atoms with Gasteiger partial charge in [-0.15, -0.1) is 0 Å². The van der Waals surface area contributed by atoms with Crippen molar-refractivity contribution in [3.8, 4) is 0 Å². The first-order valence-corrected chi connectivity index (χ1v) is 9.02. The smallest absolute Gasteiger partial charge is 0.230 e. The Balaban J connectivity index is 1.81. The molecule has 1 amide bonds. The van der Waals surface area contributed by atoms with E-state index in [9.17, 15) is 4.79 Å². The van der Waals surface area contributed by atoms with Gasteiger partial charge >= 0.3 is 0 Å². The van der Waals surface area contributed by atoms with E-state index in [1.807, 2.05) is 32.0 Å². The fourth-order valence-corrected chi connectivity index (χ4v) is 3.98. The molecule has 3 heterocycles. The van der Waals surface area contributed by atoms with Crippen molar-refractivity contribution in [3.05, 3.63) is 11.8 Å². The molecule has 0 N–H and O–H groups in total. The summed E-state index contributed by atoms with van der Waals surface area (Å²) in [5.41, 5.74) is 0.761. The third-order valence-corrected chi connectivity index (χ3v) is 5.22. The van der Waals surface area contributed by atoms with Gasteiger partial charge in [0, 0.05) is 52.0 Å². The summed E-state index contributed by atoms with van der Waals surface area (Å²) >= 11 is 0. The van der Waals surface area contributed by atoms with E-state index in [2.05, 4.69) is 26.7 Å². The molecule has 2 fully saturated rings. The summed E-state index contributed by atoms with van der Waals surface area (Å²) in [6, 6.07) is 2.03. The largest absolute Gasteiger partial charge is 0.355 e. The van der Waals surface area contributed by atoms with Crippen LogP contribution in [0.4, 0.5) is 11.8 Å². The lowest BCUT2D eigenvalue weighted by molar-refractivity contribution is -0.145. The maximum Gasteiger partial charge on any atom is 0.230 e. The van der Waals surface area contributed by atoms with Crippen molar-refractivity contribution >= 4 is 17.7 Å². The molecule has 1 atom stereocenters. The molecule has 0 saturated carbocycles. The third kappa shape index (κ3) is 3.06. The first-order valence-electron chi connectivity index (χ1n) is 9.02. The van der Waals surface area contributed by atoms with E-state index in [4.69, 9.17) is 0 Å². The molecule has 6 nitrogen and oxygen atoms in total. The molecule has 132 valence electrons. The van der Waals surface area contributed by atoms with Crippen molar-refractivity contribution in [2.75, 3.05) is 50.1 Å². The van der Waals surface area contributed by atoms with Crippen LogP contribution in [-0.2, 0) is 4.79 Å². The first-order chi connectivity index (χ1) is 11.4. The Kier molecular flexibility index (Phi) is 4.65. The van der Waals surface area contributed by atoms with Gasteiger partial charge < -0.3 is 14.7 Å². The van der Waals surface area contributed by atoms with Gasteiger partial charge in [0.1, 0.15) is 5.82 Å². The molecule has 2 aliphatic heterocycles. The fourth-order valence-electron chi connectivity index (χ4n) is 3.98. The first kappa shape index (κ1) is 17.0. The molecule has 1 aromatic heterocycles. The Morgan fingerprint density at radius 2 is 2.04 bits per heavy atom. The number of hydrogen-bond donors (Lipinski definition) is 0. The van der Waals surface area contributed by atoms with E-state index in [1.54, 1.807) is 0 Å². The molecule has 1 spiro atoms. The predicted molar refractivity (Wildman–Crippen MR) is 96.5 cm³/mol. The van der Waals surface area contributed by atoms with Crippen molar-refractivity contribution in [2.24, 2.45) is 5.41 Å². The van der Waals surface area contributed by atoms with Crippen LogP contribution in [0.5, 0.6) is 0 Å². The number of hydrogen-bond acceptors (Lipinski definition) is 5. The number of aryl methyl sites for hydroxylation is 1. The van der Waals surface area contributed by atoms with Crippen molar-refractivity contribution in [1.82, 2.24) is 14.9 Å². The number of aromatic nitrogens is 2. The minimum Gasteiger partial charge on any atom is -0.355 e. The number of amides is 1. The van der Waals surface area contributed by atoms with Gasteiger partial charge in [-0.25, -0.2) is 4.98 Å². The average molecular weight is 331 g/mol. The predicted octanol–water partition coefficient (Wildman–Crippen LogP) is 2.08. The quantitative estimate of drug-likeness (QED) is 0.845. The third-order valence-electron chi connectivity index (χ3n) is 5.22. The summed E-state index contributed by atoms with van der Waals surface area (Å²) < 4.78 is 0. The second-order valence-electron chi connectivity index (χ2n) is 7.41. The van der Waals surface area contributed by atoms with Crippen molar-refractivity contribution in [3.63, 3.8) is 0 Å². The maximum absolute atomic E-state index is 13.0. The van der Waals surface area contributed by atoms with Gasteiger partial charge in [0.25, 0.3) is 0 Å². The van der Waals surface area contributed by atoms with Gasteiger partial charge in [-0.1, -0.05) is 6.92 Å². The molecule has 0 radical (unpaired) electrons. The Labute approximate surface area is 144 Å². The minimum absolute atomic E-state index is 0.204. The Morgan fingerprint density at radius 1 is 1.25 bits per heavy atom. The van der Waals surface area contributed by atoms with Crippen LogP contribution in [0.15, 0.2) is 6.07 Å². The highest BCUT2D eigenvalue weighted by atomic mass is 16.2. The maximum atomic E-state index is 13.0. The molecule has 3 rings (SSSR count). The number of anilines is 2. The second kappa shape index (κ2) is 6.57. The highest BCUT2D eigenvalue weighted by Crippen LogP contribution is 2.41. The molecule has 6 heteroatoms. The lowest BCUT2D eigenvalue weighted by Crippen LogP contribution is -2.50. The lowest BCUT2D eigenvalue weighted by Gasteiger charge is -2.39. The zero-order chi connectivity index (χ0) is 17.3. The summed E-state index contributed by atoms with van der Waals surface area (Å²) in [4.78, 5) is 28.5. The van der Waals surface area contributed by atoms with Gasteiger partial charge in [-0.3, -0.25) is 4.79 Å². The average Bonchev–Trinajstić information content (AvgIpc) is 2.97. The molecule has 0 aliphatic carbocycles. The van der Waals surface area contributed by atoms with Crippen LogP contribution in [-0.4, -0.2) is 61.0 Å². The zero-order valence-corrected chi connectivity index (χ0v) is 15.4. The lowest BCUT2D eigenvalue weighted by atomic mass is 9.78. The molecular formula is C18H29N5O. The van der Waals surface area contributed by atoms with Gasteiger partial charge in [0.2, 0.25) is 11.9 Å². The SMILES string of the molecule is CCCN1CCC[C@@]2(CCN(c3cc(C)nc(N(C)C)n3)C2)C1=O. The van der Waals surface area contributed by atoms with E-state index in [-0.39, 0.29) is 5.41 Å². The van der Waals surface area contributed by atoms with E-state index in [1.165, 1.54) is 0 Å². The summed E-state index contributed by atoms with van der Waals surface area (Å²) in [7, 11) is 3.91. The highest BCUT2D eigenvalue weighted by Gasteiger charge is 2.48. The fraction of sp³-hybridized carbons (Fsp3) is 0.722. The molecule has 1 aromatic rings. The van der Waals surface area contributed by atoms with Gasteiger partial charge in [-0.2, -0.15) is 4.98 Å². The summed E-state index contributed by atoms with van der Waals surface area (Å²) in [5, 5.41) is 0. The van der Waals surface area contributed by atoms with Crippen LogP contribution < -0.4 is 9.80 Å². The Bertz CT molecular complexity index is 615. The van der Waals surface area contributed by atoms with Crippen LogP contribution >= 0.6 is 0 Å². The normalized spacial score (nSPS) is 24.1. The standard InChI is InChI=1S/C18H29N5O/c1-5-9-22-10-6-7-18(16(22)24)8-11-23(13-18)15-12-14(2)19-17(20-15)21(3)4/h12H,5-11,13H2,1-4H3/t18-/m0/s1. The summed E-state index contributed by atoms with van der Waals surface area (Å²) in [6.07, 6.45) is 4.09. The number of likely N-dealkylation sites (tertiary alicyclic amines) is 1. The van der Waals surface area contributed by atoms with Crippen LogP contribution in [0.1, 0.15) is 38.3 Å². The second-order valence-corrected chi connectivity index (χ2v) is 7.41. The Morgan fingerprint density at radius 3 is 2.75 bits per heavy atom. The van der Waals surface area contributed by atoms with Crippen LogP contribution in [0, 0.1) is 12.3 Å². The van der Waals surface area contributed by atoms with Crippen molar-refractivity contribution in [2.45, 2.75) is 39.5 Å². The monoisotopic (exact) mass is 331 g/mol. The topological polar surface area (TPSA) is 52.6 Å². The molecular weight excluding hydrogens is 302 g/mol. The molecule has 24 heavy (non-hydrogen) atoms. The molecule has 2 aliphatic rings. The van der Waals surface area contributed by atoms with E-state index >= 15 is 0 Å². The van der Waals surface area contributed by atoms with E-state index in [0.29, 0.717) is 5.91 Å². The van der Waals surface area contributed by atoms with Crippen LogP contribution in [0.25, 0.3) is 0 Å². The number of nitrogens with zero attached hydrogens (tertiary/aromatic N) is 5. The van der Waals surface area contributed by atoms with Gasteiger partial charge in [0.15, 0.2) is 0 Å². The minimum atomic E-state index is -0.204. The molecule has 0 aromatic carbocycles. The van der Waals surface area contributed by atoms with E-state index < -0.39 is 0 Å². The molecule has 0 unspecified atom stereocenters. The number of rotatable bonds is 4. The summed E-state index contributed by atoms with van der Waals surface area (Å²) in [5.74, 6) is 2.04. The van der Waals surface area contributed by atoms with Crippen LogP contribution in [0.3, 0.4) is 0 Å². The Hall–Kier alpha value is -1.85. The zero-order valence-electron chi connectivity index (χ0n) is 15.4. The van der Waals surface area contributed by atoms with E-state index in [0.717, 1.165) is 69.3 Å². The van der Waals surface area contributed by atoms with Gasteiger partial charge in [-0.05, 0) is 32.6 Å². The van der Waals surface area contributed by atoms with Crippen molar-refractivity contribution < 1.29 is 4.79 Å². The van der Waals surface area contributed by atoms with Crippen molar-refractivity contribution in [1.29, 1.82) is 0 Å². The number of piperidine rings is 1. The van der Waals surface area contributed by atoms with Crippen LogP contribution in [0.2, 0.25) is 0 Å².